The van der Waals surface area contributed by atoms with Crippen LogP contribution >= 0.6 is 39.0 Å². The highest BCUT2D eigenvalue weighted by atomic mass is 79.9. The second-order valence-corrected chi connectivity index (χ2v) is 14.4. The summed E-state index contributed by atoms with van der Waals surface area (Å²) in [4.78, 5) is 45.7. The first-order valence-electron chi connectivity index (χ1n) is 13.8. The van der Waals surface area contributed by atoms with Crippen molar-refractivity contribution in [3.05, 3.63) is 109 Å². The monoisotopic (exact) mass is 644 g/mol. The summed E-state index contributed by atoms with van der Waals surface area (Å²) in [6.45, 7) is 0.492. The van der Waals surface area contributed by atoms with Crippen molar-refractivity contribution >= 4 is 56.5 Å². The minimum absolute atomic E-state index is 0.0102. The second kappa shape index (κ2) is 9.71. The molecule has 7 atom stereocenters. The number of carbonyl (C=O) groups excluding carboxylic acids is 2. The number of nitrogens with zero attached hydrogens (tertiary/aromatic N) is 1. The zero-order valence-corrected chi connectivity index (χ0v) is 25.0. The standard InChI is InChI=1S/C32H25BrN2O4S2/c33-18-8-10-19(11-9-18)35-30(36)25-21-14-22(26(25)31(35)37)27-24(21)23(28-29(40-27)34-32(38)41-28)17-6-12-20(13-7-17)39-15-16-4-2-1-3-5-16/h1-13,21-27H,14-15H2,(H,34,38)/t21-,22-,23?,24?,25?,26?,27?/m1/s1. The van der Waals surface area contributed by atoms with Gasteiger partial charge in [-0.3, -0.25) is 19.3 Å². The van der Waals surface area contributed by atoms with Gasteiger partial charge in [-0.1, -0.05) is 69.7 Å². The third-order valence-electron chi connectivity index (χ3n) is 9.30. The molecule has 5 unspecified atom stereocenters. The van der Waals surface area contributed by atoms with Gasteiger partial charge in [0.15, 0.2) is 0 Å². The van der Waals surface area contributed by atoms with Crippen LogP contribution in [-0.2, 0) is 16.2 Å². The molecule has 4 aliphatic rings. The predicted octanol–water partition coefficient (Wildman–Crippen LogP) is 6.46. The van der Waals surface area contributed by atoms with Gasteiger partial charge in [-0.2, -0.15) is 0 Å². The number of thiazole rings is 1. The maximum atomic E-state index is 13.9. The van der Waals surface area contributed by atoms with E-state index in [4.69, 9.17) is 4.74 Å². The number of fused-ring (bicyclic) bond motifs is 9. The summed E-state index contributed by atoms with van der Waals surface area (Å²) < 4.78 is 6.94. The molecule has 2 aliphatic heterocycles. The van der Waals surface area contributed by atoms with E-state index in [9.17, 15) is 14.4 Å². The van der Waals surface area contributed by atoms with Crippen LogP contribution in [0.3, 0.4) is 0 Å². The van der Waals surface area contributed by atoms with Crippen molar-refractivity contribution in [2.75, 3.05) is 4.90 Å². The third kappa shape index (κ3) is 4.00. The van der Waals surface area contributed by atoms with Crippen molar-refractivity contribution < 1.29 is 14.3 Å². The Kier molecular flexibility index (Phi) is 6.05. The van der Waals surface area contributed by atoms with E-state index in [0.29, 0.717) is 12.3 Å². The molecular formula is C32H25BrN2O4S2. The molecule has 206 valence electrons. The number of aromatic amines is 1. The number of nitrogens with one attached hydrogen (secondary N) is 1. The Morgan fingerprint density at radius 1 is 0.878 bits per heavy atom. The SMILES string of the molecule is O=C1C2C(C(=O)N1c1ccc(Br)cc1)[C@@H]1C[C@H]2C2Sc3[nH]c(=O)sc3C(c3ccc(OCc4ccccc4)cc3)C21. The van der Waals surface area contributed by atoms with E-state index in [-0.39, 0.29) is 57.4 Å². The lowest BCUT2D eigenvalue weighted by molar-refractivity contribution is -0.123. The average Bonchev–Trinajstić information content (AvgIpc) is 3.72. The highest BCUT2D eigenvalue weighted by Crippen LogP contribution is 2.68. The molecule has 3 fully saturated rings. The lowest BCUT2D eigenvalue weighted by Crippen LogP contribution is -2.42. The summed E-state index contributed by atoms with van der Waals surface area (Å²) in [5, 5.41) is 1.08. The van der Waals surface area contributed by atoms with E-state index in [1.807, 2.05) is 66.7 Å². The minimum Gasteiger partial charge on any atom is -0.489 e. The van der Waals surface area contributed by atoms with Gasteiger partial charge in [-0.05, 0) is 71.7 Å². The van der Waals surface area contributed by atoms with Crippen molar-refractivity contribution in [2.24, 2.45) is 29.6 Å². The van der Waals surface area contributed by atoms with Crippen LogP contribution < -0.4 is 14.5 Å². The number of hydrogen-bond donors (Lipinski definition) is 1. The number of halogens is 1. The van der Waals surface area contributed by atoms with Crippen molar-refractivity contribution in [3.63, 3.8) is 0 Å². The molecule has 1 N–H and O–H groups in total. The molecule has 1 saturated heterocycles. The van der Waals surface area contributed by atoms with Crippen LogP contribution in [0.4, 0.5) is 5.69 Å². The summed E-state index contributed by atoms with van der Waals surface area (Å²) >= 11 is 6.44. The molecular weight excluding hydrogens is 620 g/mol. The quantitative estimate of drug-likeness (QED) is 0.252. The zero-order chi connectivity index (χ0) is 27.8. The van der Waals surface area contributed by atoms with E-state index < -0.39 is 0 Å². The summed E-state index contributed by atoms with van der Waals surface area (Å²) in [5.74, 6) is 0.374. The van der Waals surface area contributed by atoms with E-state index in [2.05, 4.69) is 33.0 Å². The summed E-state index contributed by atoms with van der Waals surface area (Å²) in [5.41, 5.74) is 2.86. The number of benzene rings is 3. The van der Waals surface area contributed by atoms with Gasteiger partial charge in [-0.15, -0.1) is 11.8 Å². The lowest BCUT2D eigenvalue weighted by atomic mass is 9.68. The molecule has 41 heavy (non-hydrogen) atoms. The van der Waals surface area contributed by atoms with Crippen molar-refractivity contribution in [3.8, 4) is 5.75 Å². The van der Waals surface area contributed by atoms with Crippen molar-refractivity contribution in [2.45, 2.75) is 29.2 Å². The molecule has 6 nitrogen and oxygen atoms in total. The highest BCUT2D eigenvalue weighted by molar-refractivity contribution is 9.10. The topological polar surface area (TPSA) is 79.5 Å². The van der Waals surface area contributed by atoms with Crippen molar-refractivity contribution in [1.29, 1.82) is 0 Å². The molecule has 9 heteroatoms. The van der Waals surface area contributed by atoms with Crippen LogP contribution in [-0.4, -0.2) is 22.0 Å². The fourth-order valence-corrected chi connectivity index (χ4v) is 10.9. The molecule has 2 saturated carbocycles. The molecule has 0 spiro atoms. The normalized spacial score (nSPS) is 29.4. The van der Waals surface area contributed by atoms with Gasteiger partial charge in [0.2, 0.25) is 11.8 Å². The molecule has 0 radical (unpaired) electrons. The minimum atomic E-state index is -0.314. The van der Waals surface area contributed by atoms with E-state index >= 15 is 0 Å². The van der Waals surface area contributed by atoms with Crippen molar-refractivity contribution in [1.82, 2.24) is 4.98 Å². The van der Waals surface area contributed by atoms with Gasteiger partial charge in [-0.25, -0.2) is 0 Å². The average molecular weight is 646 g/mol. The number of aromatic nitrogens is 1. The zero-order valence-electron chi connectivity index (χ0n) is 21.7. The number of rotatable bonds is 5. The lowest BCUT2D eigenvalue weighted by Gasteiger charge is -2.43. The van der Waals surface area contributed by atoms with Gasteiger partial charge in [0, 0.05) is 20.5 Å². The second-order valence-electron chi connectivity index (χ2n) is 11.3. The first kappa shape index (κ1) is 25.6. The van der Waals surface area contributed by atoms with E-state index in [0.717, 1.165) is 37.7 Å². The van der Waals surface area contributed by atoms with Gasteiger partial charge in [0.25, 0.3) is 0 Å². The molecule has 2 amide bonds. The highest BCUT2D eigenvalue weighted by Gasteiger charge is 2.69. The molecule has 2 aliphatic carbocycles. The van der Waals surface area contributed by atoms with Gasteiger partial charge >= 0.3 is 4.87 Å². The molecule has 3 aromatic carbocycles. The van der Waals surface area contributed by atoms with E-state index in [1.54, 1.807) is 11.8 Å². The number of amides is 2. The van der Waals surface area contributed by atoms with Crippen LogP contribution in [0.1, 0.15) is 28.3 Å². The number of imide groups is 1. The Morgan fingerprint density at radius 3 is 2.32 bits per heavy atom. The Morgan fingerprint density at radius 2 is 1.59 bits per heavy atom. The van der Waals surface area contributed by atoms with Crippen LogP contribution in [0, 0.1) is 29.6 Å². The molecule has 3 heterocycles. The third-order valence-corrected chi connectivity index (χ3v) is 12.4. The Balaban J connectivity index is 1.13. The molecule has 8 rings (SSSR count). The van der Waals surface area contributed by atoms with Gasteiger partial charge in [0.05, 0.1) is 22.5 Å². The number of H-pyrrole nitrogens is 1. The number of anilines is 1. The molecule has 2 bridgehead atoms. The number of ether oxygens (including phenoxy) is 1. The Labute approximate surface area is 253 Å². The predicted molar refractivity (Wildman–Crippen MR) is 162 cm³/mol. The maximum Gasteiger partial charge on any atom is 0.305 e. The van der Waals surface area contributed by atoms with Gasteiger partial charge in [0.1, 0.15) is 12.4 Å². The smallest absolute Gasteiger partial charge is 0.305 e. The summed E-state index contributed by atoms with van der Waals surface area (Å²) in [6.07, 6.45) is 0.872. The van der Waals surface area contributed by atoms with Gasteiger partial charge < -0.3 is 9.72 Å². The fraction of sp³-hybridized carbons (Fsp3) is 0.281. The number of carbonyl (C=O) groups is 2. The molecule has 1 aromatic heterocycles. The summed E-state index contributed by atoms with van der Waals surface area (Å²) in [7, 11) is 0. The largest absolute Gasteiger partial charge is 0.489 e. The van der Waals surface area contributed by atoms with Crippen LogP contribution in [0.2, 0.25) is 0 Å². The molecule has 4 aromatic rings. The van der Waals surface area contributed by atoms with Crippen LogP contribution in [0.5, 0.6) is 5.75 Å². The number of hydrogen-bond acceptors (Lipinski definition) is 6. The first-order valence-corrected chi connectivity index (χ1v) is 16.3. The first-order chi connectivity index (χ1) is 20.0. The maximum absolute atomic E-state index is 13.9. The Hall–Kier alpha value is -3.14. The van der Waals surface area contributed by atoms with Crippen LogP contribution in [0.15, 0.2) is 93.2 Å². The summed E-state index contributed by atoms with van der Waals surface area (Å²) in [6, 6.07) is 25.7. The number of thioether (sulfide) groups is 1. The van der Waals surface area contributed by atoms with Crippen LogP contribution in [0.25, 0.3) is 0 Å². The Bertz CT molecular complexity index is 1720. The van der Waals surface area contributed by atoms with E-state index in [1.165, 1.54) is 16.2 Å². The fourth-order valence-electron chi connectivity index (χ4n) is 7.75.